The third-order valence-electron chi connectivity index (χ3n) is 3.77. The number of rotatable bonds is 3. The third kappa shape index (κ3) is 3.71. The molecule has 12 heteroatoms. The maximum Gasteiger partial charge on any atom is 0.274 e. The summed E-state index contributed by atoms with van der Waals surface area (Å²) < 4.78 is 0. The zero-order chi connectivity index (χ0) is 20.1. The van der Waals surface area contributed by atoms with Gasteiger partial charge in [0.25, 0.3) is 22.9 Å². The number of nitrogens with two attached hydrogens (primary N) is 1. The lowest BCUT2D eigenvalue weighted by Gasteiger charge is -2.11. The van der Waals surface area contributed by atoms with Crippen LogP contribution in [0.15, 0.2) is 46.5 Å². The van der Waals surface area contributed by atoms with Crippen molar-refractivity contribution in [1.82, 2.24) is 35.3 Å². The Labute approximate surface area is 156 Å². The predicted octanol–water partition coefficient (Wildman–Crippen LogP) is -1.42. The van der Waals surface area contributed by atoms with Crippen LogP contribution in [-0.2, 0) is 13.1 Å². The van der Waals surface area contributed by atoms with E-state index in [1.807, 2.05) is 0 Å². The van der Waals surface area contributed by atoms with Crippen molar-refractivity contribution in [2.45, 2.75) is 13.1 Å². The molecule has 0 saturated carbocycles. The van der Waals surface area contributed by atoms with Crippen LogP contribution in [0.25, 0.3) is 0 Å². The van der Waals surface area contributed by atoms with Crippen LogP contribution in [0.5, 0.6) is 0 Å². The Morgan fingerprint density at radius 2 is 1.32 bits per heavy atom. The average molecular weight is 382 g/mol. The van der Waals surface area contributed by atoms with Crippen molar-refractivity contribution in [3.05, 3.63) is 80.1 Å². The fourth-order valence-electron chi connectivity index (χ4n) is 2.40. The second kappa shape index (κ2) is 8.09. The second-order valence-electron chi connectivity index (χ2n) is 5.48. The van der Waals surface area contributed by atoms with Crippen molar-refractivity contribution in [3.8, 4) is 0 Å². The van der Waals surface area contributed by atoms with Crippen molar-refractivity contribution in [1.29, 1.82) is 0 Å². The van der Waals surface area contributed by atoms with Crippen LogP contribution in [0.3, 0.4) is 0 Å². The van der Waals surface area contributed by atoms with Gasteiger partial charge in [-0.25, -0.2) is 0 Å². The highest BCUT2D eigenvalue weighted by molar-refractivity contribution is 6.21. The molecule has 0 aliphatic carbocycles. The fourth-order valence-corrected chi connectivity index (χ4v) is 2.40. The summed E-state index contributed by atoms with van der Waals surface area (Å²) in [4.78, 5) is 51.9. The molecule has 2 aromatic heterocycles. The number of imide groups is 1. The molecule has 0 unspecified atom stereocenters. The number of nitrogens with one attached hydrogen (secondary N) is 2. The van der Waals surface area contributed by atoms with Crippen molar-refractivity contribution in [3.63, 3.8) is 0 Å². The fraction of sp³-hybridized carbons (Fsp3) is 0.125. The molecule has 3 heterocycles. The Hall–Kier alpha value is -4.06. The normalized spacial score (nSPS) is 12.4. The van der Waals surface area contributed by atoms with Gasteiger partial charge in [0.2, 0.25) is 0 Å². The Morgan fingerprint density at radius 1 is 0.821 bits per heavy atom. The minimum Gasteiger partial charge on any atom is -0.325 e. The van der Waals surface area contributed by atoms with Gasteiger partial charge in [-0.15, -0.1) is 20.4 Å². The molecule has 0 atom stereocenters. The van der Waals surface area contributed by atoms with Gasteiger partial charge in [0, 0.05) is 6.54 Å². The van der Waals surface area contributed by atoms with E-state index in [-0.39, 0.29) is 30.0 Å². The minimum absolute atomic E-state index is 0.0250. The Kier molecular flexibility index (Phi) is 5.41. The van der Waals surface area contributed by atoms with Crippen molar-refractivity contribution in [2.75, 3.05) is 0 Å². The van der Waals surface area contributed by atoms with Gasteiger partial charge < -0.3 is 15.7 Å². The van der Waals surface area contributed by atoms with E-state index >= 15 is 0 Å². The summed E-state index contributed by atoms with van der Waals surface area (Å²) in [6.07, 6.45) is 2.37. The van der Waals surface area contributed by atoms with Gasteiger partial charge in [-0.1, -0.05) is 12.1 Å². The summed E-state index contributed by atoms with van der Waals surface area (Å²) in [6, 6.07) is 6.53. The number of nitrogens with zero attached hydrogens (tertiary/aromatic N) is 5. The van der Waals surface area contributed by atoms with Crippen LogP contribution in [0, 0.1) is 0 Å². The second-order valence-corrected chi connectivity index (χ2v) is 5.48. The Morgan fingerprint density at radius 3 is 1.75 bits per heavy atom. The van der Waals surface area contributed by atoms with Crippen LogP contribution in [0.1, 0.15) is 32.1 Å². The summed E-state index contributed by atoms with van der Waals surface area (Å²) in [5.74, 6) is -0.851. The molecular formula is C16H14N8O4. The molecule has 4 rings (SSSR count). The van der Waals surface area contributed by atoms with E-state index in [4.69, 9.17) is 5.73 Å². The minimum atomic E-state index is -0.466. The molecule has 12 nitrogen and oxygen atoms in total. The first-order valence-corrected chi connectivity index (χ1v) is 7.96. The molecular weight excluding hydrogens is 368 g/mol. The number of aromatic amines is 2. The summed E-state index contributed by atoms with van der Waals surface area (Å²) >= 11 is 0. The molecule has 2 amide bonds. The number of fused-ring (bicyclic) bond motifs is 1. The van der Waals surface area contributed by atoms with Crippen LogP contribution in [-0.4, -0.2) is 47.1 Å². The molecule has 28 heavy (non-hydrogen) atoms. The highest BCUT2D eigenvalue weighted by Gasteiger charge is 2.35. The summed E-state index contributed by atoms with van der Waals surface area (Å²) in [6.45, 7) is -0.0569. The first-order chi connectivity index (χ1) is 13.5. The number of carbonyl (C=O) groups excluding carboxylic acids is 2. The first kappa shape index (κ1) is 18.7. The molecule has 0 fully saturated rings. The molecule has 0 spiro atoms. The van der Waals surface area contributed by atoms with Crippen molar-refractivity contribution < 1.29 is 9.59 Å². The molecule has 3 aromatic rings. The van der Waals surface area contributed by atoms with Gasteiger partial charge in [0.15, 0.2) is 0 Å². The Balaban J connectivity index is 0.000000211. The van der Waals surface area contributed by atoms with Crippen LogP contribution < -0.4 is 16.9 Å². The van der Waals surface area contributed by atoms with Gasteiger partial charge in [-0.3, -0.25) is 24.1 Å². The van der Waals surface area contributed by atoms with Gasteiger partial charge in [-0.2, -0.15) is 0 Å². The van der Waals surface area contributed by atoms with Crippen molar-refractivity contribution in [2.24, 2.45) is 5.73 Å². The molecule has 1 aromatic carbocycles. The lowest BCUT2D eigenvalue weighted by Crippen LogP contribution is -2.32. The van der Waals surface area contributed by atoms with Crippen LogP contribution in [0.2, 0.25) is 0 Å². The van der Waals surface area contributed by atoms with Gasteiger partial charge in [0.1, 0.15) is 24.0 Å². The number of H-pyrrole nitrogens is 2. The van der Waals surface area contributed by atoms with E-state index in [1.54, 1.807) is 24.3 Å². The first-order valence-electron chi connectivity index (χ1n) is 7.96. The lowest BCUT2D eigenvalue weighted by atomic mass is 10.1. The maximum absolute atomic E-state index is 12.1. The summed E-state index contributed by atoms with van der Waals surface area (Å²) in [5, 5.41) is 14.1. The molecule has 1 aliphatic heterocycles. The molecule has 0 saturated heterocycles. The highest BCUT2D eigenvalue weighted by atomic mass is 16.2. The molecule has 1 aliphatic rings. The average Bonchev–Trinajstić information content (AvgIpc) is 2.96. The number of benzene rings is 1. The number of hydrogen-bond donors (Lipinski definition) is 3. The SMILES string of the molecule is NCc1nnc[nH]c1=O.O=C1c2ccccc2C(=O)N1Cc1nnc[nH]c1=O. The Bertz CT molecular complexity index is 1100. The highest BCUT2D eigenvalue weighted by Crippen LogP contribution is 2.23. The predicted molar refractivity (Wildman–Crippen MR) is 93.8 cm³/mol. The maximum atomic E-state index is 12.1. The van der Waals surface area contributed by atoms with Crippen molar-refractivity contribution >= 4 is 11.8 Å². The van der Waals surface area contributed by atoms with E-state index in [9.17, 15) is 19.2 Å². The zero-order valence-electron chi connectivity index (χ0n) is 14.3. The quantitative estimate of drug-likeness (QED) is 0.458. The molecule has 0 bridgehead atoms. The smallest absolute Gasteiger partial charge is 0.274 e. The number of amides is 2. The van der Waals surface area contributed by atoms with Gasteiger partial charge in [-0.05, 0) is 12.1 Å². The van der Waals surface area contributed by atoms with E-state index in [0.717, 1.165) is 11.2 Å². The molecule has 0 radical (unpaired) electrons. The number of aromatic nitrogens is 6. The third-order valence-corrected chi connectivity index (χ3v) is 3.77. The van der Waals surface area contributed by atoms with E-state index in [2.05, 4.69) is 30.4 Å². The summed E-state index contributed by atoms with van der Waals surface area (Å²) in [7, 11) is 0. The number of carbonyl (C=O) groups is 2. The molecule has 4 N–H and O–H groups in total. The molecule has 142 valence electrons. The van der Waals surface area contributed by atoms with Gasteiger partial charge >= 0.3 is 0 Å². The van der Waals surface area contributed by atoms with Gasteiger partial charge in [0.05, 0.1) is 17.7 Å². The lowest BCUT2D eigenvalue weighted by molar-refractivity contribution is 0.0639. The summed E-state index contributed by atoms with van der Waals surface area (Å²) in [5.41, 5.74) is 5.36. The van der Waals surface area contributed by atoms with E-state index in [1.165, 1.54) is 6.33 Å². The standard InChI is InChI=1S/C12H8N4O3.C4H6N4O/c17-10-9(15-14-6-13-10)5-16-11(18)7-3-1-2-4-8(7)12(16)19;5-1-3-4(9)6-2-7-8-3/h1-4,6H,5H2,(H,13,14,17);2H,1,5H2,(H,6,7,9). The van der Waals surface area contributed by atoms with Crippen LogP contribution in [0.4, 0.5) is 0 Å². The van der Waals surface area contributed by atoms with Crippen LogP contribution >= 0.6 is 0 Å². The largest absolute Gasteiger partial charge is 0.325 e. The van der Waals surface area contributed by atoms with E-state index < -0.39 is 17.4 Å². The monoisotopic (exact) mass is 382 g/mol. The zero-order valence-corrected chi connectivity index (χ0v) is 14.3. The number of hydrogen-bond acceptors (Lipinski definition) is 9. The topological polar surface area (TPSA) is 181 Å². The van der Waals surface area contributed by atoms with E-state index in [0.29, 0.717) is 11.1 Å².